The van der Waals surface area contributed by atoms with Gasteiger partial charge in [-0.2, -0.15) is 13.5 Å². The van der Waals surface area contributed by atoms with E-state index in [2.05, 4.69) is 25.9 Å². The summed E-state index contributed by atoms with van der Waals surface area (Å²) >= 11 is 3.39. The third kappa shape index (κ3) is 5.40. The summed E-state index contributed by atoms with van der Waals surface area (Å²) in [5, 5.41) is 3.83. The molecule has 1 N–H and O–H groups in total. The average molecular weight is 463 g/mol. The van der Waals surface area contributed by atoms with Gasteiger partial charge in [-0.3, -0.25) is 0 Å². The van der Waals surface area contributed by atoms with E-state index in [1.807, 2.05) is 0 Å². The third-order valence-electron chi connectivity index (χ3n) is 3.72. The molecular formula is C20H16BrFN2O3S. The Kier molecular flexibility index (Phi) is 6.43. The Labute approximate surface area is 171 Å². The molecule has 0 bridgehead atoms. The number of benzene rings is 3. The highest BCUT2D eigenvalue weighted by molar-refractivity contribution is 9.10. The SMILES string of the molecule is O=S(=O)(NN=Cc1cc(OCc2ccc(F)cc2)ccc1Br)c1ccccc1. The summed E-state index contributed by atoms with van der Waals surface area (Å²) < 4.78 is 43.7. The quantitative estimate of drug-likeness (QED) is 0.415. The molecule has 144 valence electrons. The van der Waals surface area contributed by atoms with Crippen LogP contribution in [0, 0.1) is 5.82 Å². The van der Waals surface area contributed by atoms with Crippen molar-refractivity contribution in [1.82, 2.24) is 4.83 Å². The number of hydrazone groups is 1. The Morgan fingerprint density at radius 1 is 1.04 bits per heavy atom. The molecule has 0 atom stereocenters. The van der Waals surface area contributed by atoms with Gasteiger partial charge in [0.1, 0.15) is 18.2 Å². The van der Waals surface area contributed by atoms with Crippen LogP contribution in [0.2, 0.25) is 0 Å². The second-order valence-electron chi connectivity index (χ2n) is 5.76. The van der Waals surface area contributed by atoms with Crippen LogP contribution in [0.5, 0.6) is 5.75 Å². The number of hydrogen-bond donors (Lipinski definition) is 1. The van der Waals surface area contributed by atoms with Gasteiger partial charge in [0, 0.05) is 10.0 Å². The van der Waals surface area contributed by atoms with Gasteiger partial charge in [-0.05, 0) is 48.0 Å². The van der Waals surface area contributed by atoms with E-state index in [1.165, 1.54) is 30.5 Å². The Morgan fingerprint density at radius 2 is 1.75 bits per heavy atom. The van der Waals surface area contributed by atoms with Crippen molar-refractivity contribution >= 4 is 32.2 Å². The highest BCUT2D eigenvalue weighted by Gasteiger charge is 2.11. The van der Waals surface area contributed by atoms with Crippen LogP contribution in [0.3, 0.4) is 0 Å². The zero-order valence-corrected chi connectivity index (χ0v) is 17.0. The first-order chi connectivity index (χ1) is 13.4. The van der Waals surface area contributed by atoms with Gasteiger partial charge in [0.15, 0.2) is 0 Å². The lowest BCUT2D eigenvalue weighted by Crippen LogP contribution is -2.18. The van der Waals surface area contributed by atoms with E-state index in [-0.39, 0.29) is 17.3 Å². The van der Waals surface area contributed by atoms with Crippen molar-refractivity contribution in [1.29, 1.82) is 0 Å². The molecule has 28 heavy (non-hydrogen) atoms. The summed E-state index contributed by atoms with van der Waals surface area (Å²) in [6.45, 7) is 0.277. The molecule has 0 aliphatic heterocycles. The monoisotopic (exact) mass is 462 g/mol. The van der Waals surface area contributed by atoms with Crippen molar-refractivity contribution in [2.24, 2.45) is 5.10 Å². The number of hydrogen-bond acceptors (Lipinski definition) is 4. The Hall–Kier alpha value is -2.71. The Morgan fingerprint density at radius 3 is 2.46 bits per heavy atom. The molecule has 0 radical (unpaired) electrons. The number of ether oxygens (including phenoxy) is 1. The molecule has 0 heterocycles. The second kappa shape index (κ2) is 8.99. The molecule has 3 aromatic carbocycles. The van der Waals surface area contributed by atoms with Gasteiger partial charge in [0.25, 0.3) is 10.0 Å². The molecular weight excluding hydrogens is 447 g/mol. The fourth-order valence-electron chi connectivity index (χ4n) is 2.28. The van der Waals surface area contributed by atoms with E-state index < -0.39 is 10.0 Å². The van der Waals surface area contributed by atoms with Gasteiger partial charge in [-0.1, -0.05) is 46.3 Å². The normalized spacial score (nSPS) is 11.5. The number of sulfonamides is 1. The van der Waals surface area contributed by atoms with Crippen LogP contribution in [-0.2, 0) is 16.6 Å². The lowest BCUT2D eigenvalue weighted by atomic mass is 10.2. The van der Waals surface area contributed by atoms with Crippen LogP contribution in [-0.4, -0.2) is 14.6 Å². The standard InChI is InChI=1S/C20H16BrFN2O3S/c21-20-11-10-18(27-14-15-6-8-17(22)9-7-15)12-16(20)13-23-24-28(25,26)19-4-2-1-3-5-19/h1-13,24H,14H2. The molecule has 0 amide bonds. The van der Waals surface area contributed by atoms with Gasteiger partial charge >= 0.3 is 0 Å². The first-order valence-electron chi connectivity index (χ1n) is 8.21. The average Bonchev–Trinajstić information content (AvgIpc) is 2.70. The lowest BCUT2D eigenvalue weighted by molar-refractivity contribution is 0.306. The largest absolute Gasteiger partial charge is 0.489 e. The minimum Gasteiger partial charge on any atom is -0.489 e. The minimum absolute atomic E-state index is 0.127. The van der Waals surface area contributed by atoms with Crippen molar-refractivity contribution in [2.75, 3.05) is 0 Å². The molecule has 0 spiro atoms. The van der Waals surface area contributed by atoms with Gasteiger partial charge in [0.2, 0.25) is 0 Å². The molecule has 8 heteroatoms. The fraction of sp³-hybridized carbons (Fsp3) is 0.0500. The van der Waals surface area contributed by atoms with E-state index in [4.69, 9.17) is 4.74 Å². The zero-order valence-electron chi connectivity index (χ0n) is 14.5. The molecule has 3 aromatic rings. The van der Waals surface area contributed by atoms with Gasteiger partial charge in [0.05, 0.1) is 11.1 Å². The number of rotatable bonds is 7. The molecule has 5 nitrogen and oxygen atoms in total. The summed E-state index contributed by atoms with van der Waals surface area (Å²) in [6.07, 6.45) is 1.38. The summed E-state index contributed by atoms with van der Waals surface area (Å²) in [5.41, 5.74) is 1.46. The Balaban J connectivity index is 1.67. The van der Waals surface area contributed by atoms with Gasteiger partial charge in [-0.15, -0.1) is 0 Å². The van der Waals surface area contributed by atoms with Crippen LogP contribution in [0.15, 0.2) is 87.3 Å². The molecule has 0 aromatic heterocycles. The van der Waals surface area contributed by atoms with Crippen molar-refractivity contribution < 1.29 is 17.5 Å². The molecule has 3 rings (SSSR count). The summed E-state index contributed by atoms with van der Waals surface area (Å²) in [7, 11) is -3.73. The van der Waals surface area contributed by atoms with Crippen LogP contribution in [0.1, 0.15) is 11.1 Å². The zero-order chi connectivity index (χ0) is 20.0. The maximum absolute atomic E-state index is 12.9. The first kappa shape index (κ1) is 20.0. The maximum atomic E-state index is 12.9. The molecule has 0 saturated carbocycles. The minimum atomic E-state index is -3.73. The second-order valence-corrected chi connectivity index (χ2v) is 8.28. The van der Waals surface area contributed by atoms with Crippen molar-refractivity contribution in [3.8, 4) is 5.75 Å². The highest BCUT2D eigenvalue weighted by atomic mass is 79.9. The number of nitrogens with zero attached hydrogens (tertiary/aromatic N) is 1. The van der Waals surface area contributed by atoms with Gasteiger partial charge < -0.3 is 4.74 Å². The van der Waals surface area contributed by atoms with Crippen LogP contribution >= 0.6 is 15.9 Å². The highest BCUT2D eigenvalue weighted by Crippen LogP contribution is 2.22. The summed E-state index contributed by atoms with van der Waals surface area (Å²) in [4.78, 5) is 2.31. The van der Waals surface area contributed by atoms with Crippen LogP contribution < -0.4 is 9.57 Å². The molecule has 0 aliphatic carbocycles. The topological polar surface area (TPSA) is 67.8 Å². The third-order valence-corrected chi connectivity index (χ3v) is 5.68. The Bertz CT molecular complexity index is 1070. The molecule has 0 unspecified atom stereocenters. The van der Waals surface area contributed by atoms with Crippen molar-refractivity contribution in [3.05, 3.63) is 94.2 Å². The van der Waals surface area contributed by atoms with Crippen molar-refractivity contribution in [2.45, 2.75) is 11.5 Å². The van der Waals surface area contributed by atoms with E-state index in [0.29, 0.717) is 11.3 Å². The van der Waals surface area contributed by atoms with Crippen LogP contribution in [0.25, 0.3) is 0 Å². The van der Waals surface area contributed by atoms with E-state index >= 15 is 0 Å². The first-order valence-corrected chi connectivity index (χ1v) is 10.5. The van der Waals surface area contributed by atoms with Gasteiger partial charge in [-0.25, -0.2) is 9.22 Å². The predicted octanol–water partition coefficient (Wildman–Crippen LogP) is 4.48. The van der Waals surface area contributed by atoms with Crippen molar-refractivity contribution in [3.63, 3.8) is 0 Å². The fourth-order valence-corrected chi connectivity index (χ4v) is 3.44. The number of nitrogens with one attached hydrogen (secondary N) is 1. The molecule has 0 saturated heterocycles. The molecule has 0 fully saturated rings. The van der Waals surface area contributed by atoms with Crippen LogP contribution in [0.4, 0.5) is 4.39 Å². The number of halogens is 2. The smallest absolute Gasteiger partial charge is 0.276 e. The lowest BCUT2D eigenvalue weighted by Gasteiger charge is -2.08. The molecule has 0 aliphatic rings. The predicted molar refractivity (Wildman–Crippen MR) is 109 cm³/mol. The maximum Gasteiger partial charge on any atom is 0.276 e. The summed E-state index contributed by atoms with van der Waals surface area (Å²) in [5.74, 6) is 0.267. The van der Waals surface area contributed by atoms with E-state index in [9.17, 15) is 12.8 Å². The van der Waals surface area contributed by atoms with E-state index in [0.717, 1.165) is 10.0 Å². The van der Waals surface area contributed by atoms with E-state index in [1.54, 1.807) is 48.5 Å². The summed E-state index contributed by atoms with van der Waals surface area (Å²) in [6, 6.07) is 19.3.